The van der Waals surface area contributed by atoms with Gasteiger partial charge < -0.3 is 9.47 Å². The Morgan fingerprint density at radius 3 is 2.03 bits per heavy atom. The minimum absolute atomic E-state index is 0.0768. The molecule has 0 spiro atoms. The fourth-order valence-corrected chi connectivity index (χ4v) is 4.47. The van der Waals surface area contributed by atoms with E-state index in [0.717, 1.165) is 24.1 Å². The average Bonchev–Trinajstić information content (AvgIpc) is 2.85. The van der Waals surface area contributed by atoms with Crippen LogP contribution in [-0.4, -0.2) is 36.3 Å². The molecule has 0 heterocycles. The number of rotatable bonds is 12. The van der Waals surface area contributed by atoms with Crippen LogP contribution < -0.4 is 0 Å². The first-order valence-electron chi connectivity index (χ1n) is 12.2. The zero-order chi connectivity index (χ0) is 24.3. The zero-order valence-corrected chi connectivity index (χ0v) is 20.8. The number of nitrogens with zero attached hydrogens (tertiary/aromatic N) is 1. The van der Waals surface area contributed by atoms with Gasteiger partial charge in [-0.25, -0.2) is 4.79 Å². The van der Waals surface area contributed by atoms with Gasteiger partial charge in [0, 0.05) is 18.0 Å². The molecule has 0 radical (unpaired) electrons. The van der Waals surface area contributed by atoms with Crippen molar-refractivity contribution in [1.29, 1.82) is 0 Å². The topological polar surface area (TPSA) is 38.8 Å². The summed E-state index contributed by atoms with van der Waals surface area (Å²) in [7, 11) is 0. The van der Waals surface area contributed by atoms with Crippen LogP contribution in [0.2, 0.25) is 0 Å². The Labute approximate surface area is 204 Å². The van der Waals surface area contributed by atoms with E-state index < -0.39 is 0 Å². The maximum atomic E-state index is 13.1. The van der Waals surface area contributed by atoms with Crippen LogP contribution in [0.4, 0.5) is 0 Å². The summed E-state index contributed by atoms with van der Waals surface area (Å²) in [6.45, 7) is 10.2. The van der Waals surface area contributed by atoms with Gasteiger partial charge in [-0.2, -0.15) is 0 Å². The molecule has 0 fully saturated rings. The quantitative estimate of drug-likeness (QED) is 0.172. The molecule has 4 heteroatoms. The molecule has 0 saturated carbocycles. The molecular formula is C30H37NO3. The predicted octanol–water partition coefficient (Wildman–Crippen LogP) is 6.66. The van der Waals surface area contributed by atoms with E-state index in [0.29, 0.717) is 24.3 Å². The van der Waals surface area contributed by atoms with Gasteiger partial charge >= 0.3 is 5.97 Å². The monoisotopic (exact) mass is 459 g/mol. The molecule has 0 aliphatic heterocycles. The summed E-state index contributed by atoms with van der Waals surface area (Å²) >= 11 is 0. The molecule has 0 amide bonds. The van der Waals surface area contributed by atoms with Crippen molar-refractivity contribution in [1.82, 2.24) is 4.90 Å². The summed E-state index contributed by atoms with van der Waals surface area (Å²) < 4.78 is 11.1. The van der Waals surface area contributed by atoms with Crippen LogP contribution in [0, 0.1) is 0 Å². The first kappa shape index (κ1) is 25.7. The van der Waals surface area contributed by atoms with E-state index >= 15 is 0 Å². The highest BCUT2D eigenvalue weighted by Gasteiger charge is 2.23. The van der Waals surface area contributed by atoms with Crippen LogP contribution in [0.25, 0.3) is 0 Å². The summed E-state index contributed by atoms with van der Waals surface area (Å²) in [6.07, 6.45) is 0.912. The van der Waals surface area contributed by atoms with Crippen LogP contribution in [-0.2, 0) is 16.1 Å². The third kappa shape index (κ3) is 7.28. The van der Waals surface area contributed by atoms with Crippen molar-refractivity contribution in [2.24, 2.45) is 0 Å². The fraction of sp³-hybridized carbons (Fsp3) is 0.367. The summed E-state index contributed by atoms with van der Waals surface area (Å²) in [5.74, 6) is -0.260. The lowest BCUT2D eigenvalue weighted by atomic mass is 9.85. The van der Waals surface area contributed by atoms with E-state index in [2.05, 4.69) is 56.9 Å². The molecule has 1 atom stereocenters. The molecule has 0 saturated heterocycles. The second-order valence-electron chi connectivity index (χ2n) is 9.15. The Morgan fingerprint density at radius 1 is 0.794 bits per heavy atom. The summed E-state index contributed by atoms with van der Waals surface area (Å²) in [5, 5.41) is 0. The third-order valence-electron chi connectivity index (χ3n) is 6.15. The van der Waals surface area contributed by atoms with Gasteiger partial charge in [0.15, 0.2) is 6.79 Å². The van der Waals surface area contributed by atoms with Crippen molar-refractivity contribution in [3.8, 4) is 0 Å². The summed E-state index contributed by atoms with van der Waals surface area (Å²) in [6, 6.07) is 29.0. The number of hydrogen-bond donors (Lipinski definition) is 0. The molecule has 0 aromatic heterocycles. The Balaban J connectivity index is 1.75. The molecule has 0 aliphatic rings. The number of esters is 1. The van der Waals surface area contributed by atoms with Gasteiger partial charge in [0.1, 0.15) is 0 Å². The molecule has 0 N–H and O–H groups in total. The lowest BCUT2D eigenvalue weighted by molar-refractivity contribution is -0.0382. The molecule has 3 rings (SSSR count). The highest BCUT2D eigenvalue weighted by molar-refractivity contribution is 5.91. The van der Waals surface area contributed by atoms with E-state index in [1.54, 1.807) is 0 Å². The van der Waals surface area contributed by atoms with Crippen molar-refractivity contribution in [3.05, 3.63) is 107 Å². The molecule has 3 aromatic rings. The minimum Gasteiger partial charge on any atom is -0.435 e. The zero-order valence-electron chi connectivity index (χ0n) is 20.8. The molecule has 34 heavy (non-hydrogen) atoms. The van der Waals surface area contributed by atoms with Gasteiger partial charge in [0.05, 0.1) is 12.2 Å². The largest absolute Gasteiger partial charge is 0.435 e. The highest BCUT2D eigenvalue weighted by Crippen LogP contribution is 2.31. The second-order valence-corrected chi connectivity index (χ2v) is 9.15. The van der Waals surface area contributed by atoms with E-state index in [-0.39, 0.29) is 18.7 Å². The lowest BCUT2D eigenvalue weighted by Gasteiger charge is -2.32. The van der Waals surface area contributed by atoms with Gasteiger partial charge in [-0.15, -0.1) is 0 Å². The van der Waals surface area contributed by atoms with Crippen LogP contribution in [0.5, 0.6) is 0 Å². The van der Waals surface area contributed by atoms with Crippen molar-refractivity contribution in [2.45, 2.75) is 58.7 Å². The highest BCUT2D eigenvalue weighted by atomic mass is 16.7. The van der Waals surface area contributed by atoms with E-state index in [4.69, 9.17) is 9.47 Å². The van der Waals surface area contributed by atoms with Gasteiger partial charge in [-0.3, -0.25) is 4.90 Å². The molecular weight excluding hydrogens is 422 g/mol. The number of hydrogen-bond acceptors (Lipinski definition) is 4. The first-order valence-corrected chi connectivity index (χ1v) is 12.2. The maximum absolute atomic E-state index is 13.1. The van der Waals surface area contributed by atoms with Crippen molar-refractivity contribution >= 4 is 5.97 Å². The van der Waals surface area contributed by atoms with Crippen molar-refractivity contribution in [3.63, 3.8) is 0 Å². The number of benzene rings is 3. The van der Waals surface area contributed by atoms with Crippen LogP contribution in [0.15, 0.2) is 84.9 Å². The SMILES string of the molecule is CC(C)N(CC[C@H](c1ccccc1)c1ccccc1C(=O)OCOCc1ccccc1)C(C)C. The lowest BCUT2D eigenvalue weighted by Crippen LogP contribution is -2.38. The van der Waals surface area contributed by atoms with Gasteiger partial charge in [0.25, 0.3) is 0 Å². The van der Waals surface area contributed by atoms with Gasteiger partial charge in [-0.1, -0.05) is 78.9 Å². The van der Waals surface area contributed by atoms with E-state index in [1.165, 1.54) is 5.56 Å². The Kier molecular flexibility index (Phi) is 9.87. The molecule has 0 bridgehead atoms. The molecule has 4 nitrogen and oxygen atoms in total. The van der Waals surface area contributed by atoms with Gasteiger partial charge in [-0.05, 0) is 63.4 Å². The molecule has 0 aliphatic carbocycles. The Morgan fingerprint density at radius 2 is 1.38 bits per heavy atom. The van der Waals surface area contributed by atoms with Crippen molar-refractivity contribution < 1.29 is 14.3 Å². The van der Waals surface area contributed by atoms with Crippen LogP contribution >= 0.6 is 0 Å². The standard InChI is InChI=1S/C30H37NO3/c1-23(2)31(24(3)4)20-19-27(26-15-9-6-10-16-26)28-17-11-12-18-29(28)30(32)34-22-33-21-25-13-7-5-8-14-25/h5-18,23-24,27H,19-22H2,1-4H3/t27-/m1/s1. The van der Waals surface area contributed by atoms with E-state index in [9.17, 15) is 4.79 Å². The summed E-state index contributed by atoms with van der Waals surface area (Å²) in [5.41, 5.74) is 3.84. The minimum atomic E-state index is -0.353. The maximum Gasteiger partial charge on any atom is 0.340 e. The molecule has 0 unspecified atom stereocenters. The smallest absolute Gasteiger partial charge is 0.340 e. The van der Waals surface area contributed by atoms with Gasteiger partial charge in [0.2, 0.25) is 0 Å². The van der Waals surface area contributed by atoms with Crippen molar-refractivity contribution in [2.75, 3.05) is 13.3 Å². The Hall–Kier alpha value is -2.95. The number of ether oxygens (including phenoxy) is 2. The molecule has 3 aromatic carbocycles. The number of carbonyl (C=O) groups excluding carboxylic acids is 1. The average molecular weight is 460 g/mol. The van der Waals surface area contributed by atoms with Crippen LogP contribution in [0.1, 0.15) is 67.1 Å². The summed E-state index contributed by atoms with van der Waals surface area (Å²) in [4.78, 5) is 15.5. The fourth-order valence-electron chi connectivity index (χ4n) is 4.47. The second kappa shape index (κ2) is 13.1. The molecule has 180 valence electrons. The normalized spacial score (nSPS) is 12.3. The Bertz CT molecular complexity index is 994. The van der Waals surface area contributed by atoms with E-state index in [1.807, 2.05) is 60.7 Å². The van der Waals surface area contributed by atoms with Crippen LogP contribution in [0.3, 0.4) is 0 Å². The third-order valence-corrected chi connectivity index (χ3v) is 6.15. The first-order chi connectivity index (χ1) is 16.5. The predicted molar refractivity (Wildman–Crippen MR) is 138 cm³/mol. The number of carbonyl (C=O) groups is 1.